The highest BCUT2D eigenvalue weighted by Gasteiger charge is 2.12. The number of benzene rings is 1. The van der Waals surface area contributed by atoms with Crippen molar-refractivity contribution in [2.45, 2.75) is 19.3 Å². The summed E-state index contributed by atoms with van der Waals surface area (Å²) in [5, 5.41) is 3.31. The second kappa shape index (κ2) is 5.69. The second-order valence-electron chi connectivity index (χ2n) is 4.80. The van der Waals surface area contributed by atoms with Gasteiger partial charge in [-0.1, -0.05) is 18.2 Å². The lowest BCUT2D eigenvalue weighted by molar-refractivity contribution is 0.573. The lowest BCUT2D eigenvalue weighted by Gasteiger charge is -2.27. The molecule has 2 aromatic rings. The van der Waals surface area contributed by atoms with Crippen molar-refractivity contribution in [2.75, 3.05) is 23.3 Å². The monoisotopic (exact) mass is 254 g/mol. The highest BCUT2D eigenvalue weighted by Crippen LogP contribution is 2.21. The molecule has 0 unspecified atom stereocenters. The fourth-order valence-electron chi connectivity index (χ4n) is 2.38. The summed E-state index contributed by atoms with van der Waals surface area (Å²) in [4.78, 5) is 11.0. The van der Waals surface area contributed by atoms with Crippen LogP contribution in [0.1, 0.15) is 19.3 Å². The predicted molar refractivity (Wildman–Crippen MR) is 77.8 cm³/mol. The van der Waals surface area contributed by atoms with Crippen molar-refractivity contribution in [3.8, 4) is 0 Å². The Bertz CT molecular complexity index is 521. The molecule has 1 aliphatic heterocycles. The van der Waals surface area contributed by atoms with E-state index in [-0.39, 0.29) is 0 Å². The Morgan fingerprint density at radius 2 is 1.74 bits per heavy atom. The summed E-state index contributed by atoms with van der Waals surface area (Å²) in [5.41, 5.74) is 1.05. The Morgan fingerprint density at radius 3 is 2.53 bits per heavy atom. The van der Waals surface area contributed by atoms with Crippen molar-refractivity contribution in [3.05, 3.63) is 42.7 Å². The first-order chi connectivity index (χ1) is 9.42. The molecule has 19 heavy (non-hydrogen) atoms. The highest BCUT2D eigenvalue weighted by molar-refractivity contribution is 5.59. The molecule has 0 spiro atoms. The van der Waals surface area contributed by atoms with Gasteiger partial charge in [-0.05, 0) is 31.4 Å². The van der Waals surface area contributed by atoms with E-state index in [1.165, 1.54) is 19.3 Å². The van der Waals surface area contributed by atoms with Crippen molar-refractivity contribution < 1.29 is 0 Å². The van der Waals surface area contributed by atoms with E-state index in [0.29, 0.717) is 0 Å². The van der Waals surface area contributed by atoms with Crippen LogP contribution in [0.5, 0.6) is 0 Å². The molecule has 1 N–H and O–H groups in total. The molecule has 98 valence electrons. The average Bonchev–Trinajstić information content (AvgIpc) is 2.49. The largest absolute Gasteiger partial charge is 0.356 e. The number of nitrogens with zero attached hydrogens (tertiary/aromatic N) is 3. The maximum atomic E-state index is 4.38. The summed E-state index contributed by atoms with van der Waals surface area (Å²) < 4.78 is 0. The summed E-state index contributed by atoms with van der Waals surface area (Å²) in [6.07, 6.45) is 5.48. The number of aromatic nitrogens is 2. The topological polar surface area (TPSA) is 41.0 Å². The Morgan fingerprint density at radius 1 is 0.947 bits per heavy atom. The van der Waals surface area contributed by atoms with Gasteiger partial charge in [-0.15, -0.1) is 0 Å². The Hall–Kier alpha value is -2.10. The number of piperidine rings is 1. The lowest BCUT2D eigenvalue weighted by Crippen LogP contribution is -2.30. The zero-order chi connectivity index (χ0) is 12.9. The van der Waals surface area contributed by atoms with Crippen molar-refractivity contribution in [3.63, 3.8) is 0 Å². The normalized spacial score (nSPS) is 15.3. The molecular formula is C15H18N4. The molecule has 4 nitrogen and oxygen atoms in total. The van der Waals surface area contributed by atoms with Crippen molar-refractivity contribution >= 4 is 17.3 Å². The van der Waals surface area contributed by atoms with E-state index in [1.807, 2.05) is 36.4 Å². The summed E-state index contributed by atoms with van der Waals surface area (Å²) in [5.74, 6) is 1.87. The van der Waals surface area contributed by atoms with Crippen LogP contribution in [0.3, 0.4) is 0 Å². The second-order valence-corrected chi connectivity index (χ2v) is 4.80. The van der Waals surface area contributed by atoms with E-state index in [4.69, 9.17) is 0 Å². The molecule has 0 bridgehead atoms. The number of nitrogens with one attached hydrogen (secondary N) is 1. The zero-order valence-electron chi connectivity index (χ0n) is 10.9. The average molecular weight is 254 g/mol. The minimum Gasteiger partial charge on any atom is -0.356 e. The SMILES string of the molecule is c1ccc(Nc2cc(N3CCCCC3)ncn2)cc1. The molecular weight excluding hydrogens is 236 g/mol. The molecule has 3 rings (SSSR count). The minimum atomic E-state index is 0.849. The predicted octanol–water partition coefficient (Wildman–Crippen LogP) is 3.21. The van der Waals surface area contributed by atoms with Crippen LogP contribution in [0, 0.1) is 0 Å². The first-order valence-electron chi connectivity index (χ1n) is 6.81. The van der Waals surface area contributed by atoms with Gasteiger partial charge in [0.25, 0.3) is 0 Å². The van der Waals surface area contributed by atoms with Crippen LogP contribution < -0.4 is 10.2 Å². The van der Waals surface area contributed by atoms with Gasteiger partial charge in [0.1, 0.15) is 18.0 Å². The van der Waals surface area contributed by atoms with Gasteiger partial charge in [0.2, 0.25) is 0 Å². The first-order valence-corrected chi connectivity index (χ1v) is 6.81. The van der Waals surface area contributed by atoms with Gasteiger partial charge in [-0.25, -0.2) is 9.97 Å². The van der Waals surface area contributed by atoms with Crippen LogP contribution in [0.2, 0.25) is 0 Å². The molecule has 1 aliphatic rings. The molecule has 0 aliphatic carbocycles. The van der Waals surface area contributed by atoms with Crippen molar-refractivity contribution in [1.82, 2.24) is 9.97 Å². The van der Waals surface area contributed by atoms with Gasteiger partial charge in [0.05, 0.1) is 0 Å². The van der Waals surface area contributed by atoms with E-state index in [2.05, 4.69) is 20.2 Å². The number of hydrogen-bond acceptors (Lipinski definition) is 4. The number of hydrogen-bond donors (Lipinski definition) is 1. The standard InChI is InChI=1S/C15H18N4/c1-3-7-13(8-4-1)18-14-11-15(17-12-16-14)19-9-5-2-6-10-19/h1,3-4,7-8,11-12H,2,5-6,9-10H2,(H,16,17,18). The molecule has 0 atom stereocenters. The fraction of sp³-hybridized carbons (Fsp3) is 0.333. The maximum absolute atomic E-state index is 4.38. The minimum absolute atomic E-state index is 0.849. The highest BCUT2D eigenvalue weighted by atomic mass is 15.2. The Labute approximate surface area is 113 Å². The fourth-order valence-corrected chi connectivity index (χ4v) is 2.38. The molecule has 2 heterocycles. The van der Waals surface area contributed by atoms with Gasteiger partial charge >= 0.3 is 0 Å². The Kier molecular flexibility index (Phi) is 3.58. The van der Waals surface area contributed by atoms with Crippen LogP contribution in [0.25, 0.3) is 0 Å². The first kappa shape index (κ1) is 12.0. The van der Waals surface area contributed by atoms with Gasteiger partial charge in [0.15, 0.2) is 0 Å². The Balaban J connectivity index is 1.76. The number of para-hydroxylation sites is 1. The van der Waals surface area contributed by atoms with E-state index >= 15 is 0 Å². The summed E-state index contributed by atoms with van der Waals surface area (Å²) in [7, 11) is 0. The van der Waals surface area contributed by atoms with Crippen LogP contribution in [-0.4, -0.2) is 23.1 Å². The van der Waals surface area contributed by atoms with Crippen molar-refractivity contribution in [2.24, 2.45) is 0 Å². The van der Waals surface area contributed by atoms with Gasteiger partial charge in [-0.3, -0.25) is 0 Å². The van der Waals surface area contributed by atoms with Crippen LogP contribution in [-0.2, 0) is 0 Å². The zero-order valence-corrected chi connectivity index (χ0v) is 10.9. The molecule has 1 aromatic heterocycles. The summed E-state index contributed by atoms with van der Waals surface area (Å²) in [6.45, 7) is 2.20. The molecule has 1 saturated heterocycles. The third-order valence-corrected chi connectivity index (χ3v) is 3.38. The summed E-state index contributed by atoms with van der Waals surface area (Å²) >= 11 is 0. The number of rotatable bonds is 3. The molecule has 0 radical (unpaired) electrons. The van der Waals surface area contributed by atoms with E-state index in [0.717, 1.165) is 30.4 Å². The van der Waals surface area contributed by atoms with Crippen LogP contribution in [0.4, 0.5) is 17.3 Å². The number of anilines is 3. The summed E-state index contributed by atoms with van der Waals surface area (Å²) in [6, 6.07) is 12.1. The smallest absolute Gasteiger partial charge is 0.135 e. The molecule has 0 saturated carbocycles. The van der Waals surface area contributed by atoms with Gasteiger partial charge in [-0.2, -0.15) is 0 Å². The van der Waals surface area contributed by atoms with Gasteiger partial charge in [0, 0.05) is 24.8 Å². The van der Waals surface area contributed by atoms with E-state index < -0.39 is 0 Å². The molecule has 4 heteroatoms. The van der Waals surface area contributed by atoms with E-state index in [9.17, 15) is 0 Å². The van der Waals surface area contributed by atoms with Crippen molar-refractivity contribution in [1.29, 1.82) is 0 Å². The molecule has 0 amide bonds. The molecule has 1 aromatic carbocycles. The lowest BCUT2D eigenvalue weighted by atomic mass is 10.1. The van der Waals surface area contributed by atoms with Crippen LogP contribution >= 0.6 is 0 Å². The van der Waals surface area contributed by atoms with Gasteiger partial charge < -0.3 is 10.2 Å². The molecule has 1 fully saturated rings. The van der Waals surface area contributed by atoms with E-state index in [1.54, 1.807) is 6.33 Å². The quantitative estimate of drug-likeness (QED) is 0.913. The maximum Gasteiger partial charge on any atom is 0.135 e. The third-order valence-electron chi connectivity index (χ3n) is 3.38. The van der Waals surface area contributed by atoms with Crippen LogP contribution in [0.15, 0.2) is 42.7 Å². The third kappa shape index (κ3) is 3.02.